The molecule has 3 N–H and O–H groups in total. The molecular formula is C14H13F2N3S. The van der Waals surface area contributed by atoms with Gasteiger partial charge in [-0.2, -0.15) is 0 Å². The Morgan fingerprint density at radius 3 is 2.65 bits per heavy atom. The topological polar surface area (TPSA) is 50.9 Å². The second-order valence-corrected chi connectivity index (χ2v) is 4.79. The van der Waals surface area contributed by atoms with Gasteiger partial charge in [0.15, 0.2) is 11.6 Å². The largest absolute Gasteiger partial charge is 0.389 e. The van der Waals surface area contributed by atoms with Crippen molar-refractivity contribution in [2.75, 3.05) is 5.32 Å². The molecule has 2 rings (SSSR count). The molecule has 0 spiro atoms. The molecule has 6 heteroatoms. The fourth-order valence-electron chi connectivity index (χ4n) is 1.74. The van der Waals surface area contributed by atoms with Gasteiger partial charge < -0.3 is 11.1 Å². The Hall–Kier alpha value is -2.08. The first-order valence-electron chi connectivity index (χ1n) is 5.92. The molecule has 2 aromatic rings. The average molecular weight is 293 g/mol. The summed E-state index contributed by atoms with van der Waals surface area (Å²) in [5.74, 6) is -1.15. The molecule has 0 aliphatic rings. The van der Waals surface area contributed by atoms with Gasteiger partial charge in [0.05, 0.1) is 0 Å². The van der Waals surface area contributed by atoms with E-state index in [4.69, 9.17) is 18.0 Å². The van der Waals surface area contributed by atoms with Crippen molar-refractivity contribution in [3.05, 3.63) is 58.8 Å². The molecule has 0 saturated carbocycles. The lowest BCUT2D eigenvalue weighted by Gasteiger charge is -2.09. The van der Waals surface area contributed by atoms with Gasteiger partial charge in [-0.25, -0.2) is 13.8 Å². The molecule has 0 aliphatic carbocycles. The lowest BCUT2D eigenvalue weighted by molar-refractivity contribution is 0.507. The number of thiocarbonyl (C=S) groups is 1. The zero-order valence-electron chi connectivity index (χ0n) is 10.8. The molecule has 1 aromatic heterocycles. The zero-order chi connectivity index (χ0) is 14.7. The van der Waals surface area contributed by atoms with Crippen LogP contribution in [-0.4, -0.2) is 9.97 Å². The quantitative estimate of drug-likeness (QED) is 0.851. The number of nitrogens with zero attached hydrogens (tertiary/aromatic N) is 1. The summed E-state index contributed by atoms with van der Waals surface area (Å²) in [6.45, 7) is 2.15. The number of hydrogen-bond donors (Lipinski definition) is 2. The van der Waals surface area contributed by atoms with Crippen LogP contribution in [0.4, 0.5) is 14.6 Å². The molecule has 20 heavy (non-hydrogen) atoms. The first-order chi connectivity index (χ1) is 9.45. The Balaban J connectivity index is 2.14. The van der Waals surface area contributed by atoms with E-state index in [-0.39, 0.29) is 4.99 Å². The van der Waals surface area contributed by atoms with Gasteiger partial charge in [0.1, 0.15) is 10.8 Å². The maximum atomic E-state index is 13.1. The minimum Gasteiger partial charge on any atom is -0.389 e. The van der Waals surface area contributed by atoms with E-state index in [9.17, 15) is 8.78 Å². The highest BCUT2D eigenvalue weighted by molar-refractivity contribution is 7.80. The highest BCUT2D eigenvalue weighted by Gasteiger charge is 2.05. The minimum absolute atomic E-state index is 0.284. The average Bonchev–Trinajstić information content (AvgIpc) is 2.39. The summed E-state index contributed by atoms with van der Waals surface area (Å²) < 4.78 is 25.9. The van der Waals surface area contributed by atoms with Crippen LogP contribution in [0.15, 0.2) is 30.3 Å². The monoisotopic (exact) mass is 293 g/mol. The molecule has 0 radical (unpaired) electrons. The molecule has 0 amide bonds. The molecule has 0 unspecified atom stereocenters. The number of pyridine rings is 1. The first kappa shape index (κ1) is 14.3. The van der Waals surface area contributed by atoms with Gasteiger partial charge in [-0.1, -0.05) is 18.3 Å². The van der Waals surface area contributed by atoms with Crippen LogP contribution >= 0.6 is 12.2 Å². The van der Waals surface area contributed by atoms with Crippen molar-refractivity contribution in [2.45, 2.75) is 13.5 Å². The van der Waals surface area contributed by atoms with E-state index in [0.29, 0.717) is 23.5 Å². The molecule has 0 aliphatic heterocycles. The third kappa shape index (κ3) is 3.48. The summed E-state index contributed by atoms with van der Waals surface area (Å²) in [6, 6.07) is 7.25. The van der Waals surface area contributed by atoms with E-state index in [0.717, 1.165) is 17.8 Å². The SMILES string of the molecule is Cc1cc(C(N)=S)cc(NCc2ccc(F)c(F)c2)n1. The lowest BCUT2D eigenvalue weighted by atomic mass is 10.2. The van der Waals surface area contributed by atoms with Gasteiger partial charge in [0.25, 0.3) is 0 Å². The maximum absolute atomic E-state index is 13.1. The van der Waals surface area contributed by atoms with E-state index in [1.807, 2.05) is 6.92 Å². The van der Waals surface area contributed by atoms with E-state index in [2.05, 4.69) is 10.3 Å². The molecule has 1 aromatic carbocycles. The normalized spacial score (nSPS) is 10.3. The minimum atomic E-state index is -0.870. The number of benzene rings is 1. The van der Waals surface area contributed by atoms with Crippen molar-refractivity contribution >= 4 is 23.0 Å². The fourth-order valence-corrected chi connectivity index (χ4v) is 1.86. The Labute approximate surface area is 120 Å². The van der Waals surface area contributed by atoms with Crippen LogP contribution in [-0.2, 0) is 6.54 Å². The number of halogens is 2. The van der Waals surface area contributed by atoms with Gasteiger partial charge in [0.2, 0.25) is 0 Å². The van der Waals surface area contributed by atoms with E-state index >= 15 is 0 Å². The Morgan fingerprint density at radius 2 is 2.00 bits per heavy atom. The molecule has 0 saturated heterocycles. The Morgan fingerprint density at radius 1 is 1.25 bits per heavy atom. The van der Waals surface area contributed by atoms with Crippen LogP contribution in [0.2, 0.25) is 0 Å². The van der Waals surface area contributed by atoms with Crippen molar-refractivity contribution in [1.29, 1.82) is 0 Å². The van der Waals surface area contributed by atoms with E-state index in [1.165, 1.54) is 6.07 Å². The van der Waals surface area contributed by atoms with Crippen LogP contribution in [0.25, 0.3) is 0 Å². The molecule has 0 atom stereocenters. The van der Waals surface area contributed by atoms with Gasteiger partial charge >= 0.3 is 0 Å². The fraction of sp³-hybridized carbons (Fsp3) is 0.143. The van der Waals surface area contributed by atoms with Gasteiger partial charge in [-0.15, -0.1) is 0 Å². The Kier molecular flexibility index (Phi) is 4.24. The highest BCUT2D eigenvalue weighted by atomic mass is 32.1. The maximum Gasteiger partial charge on any atom is 0.159 e. The Bertz CT molecular complexity index is 659. The number of nitrogens with two attached hydrogens (primary N) is 1. The van der Waals surface area contributed by atoms with Crippen molar-refractivity contribution in [1.82, 2.24) is 4.98 Å². The zero-order valence-corrected chi connectivity index (χ0v) is 11.6. The molecule has 0 bridgehead atoms. The number of nitrogens with one attached hydrogen (secondary N) is 1. The predicted molar refractivity (Wildman–Crippen MR) is 78.5 cm³/mol. The van der Waals surface area contributed by atoms with Crippen LogP contribution in [0.3, 0.4) is 0 Å². The number of anilines is 1. The summed E-state index contributed by atoms with van der Waals surface area (Å²) in [7, 11) is 0. The number of aromatic nitrogens is 1. The van der Waals surface area contributed by atoms with E-state index in [1.54, 1.807) is 12.1 Å². The van der Waals surface area contributed by atoms with Crippen molar-refractivity contribution in [3.63, 3.8) is 0 Å². The summed E-state index contributed by atoms with van der Waals surface area (Å²) in [4.78, 5) is 4.56. The van der Waals surface area contributed by atoms with Crippen LogP contribution in [0.1, 0.15) is 16.8 Å². The number of rotatable bonds is 4. The van der Waals surface area contributed by atoms with Crippen LogP contribution in [0.5, 0.6) is 0 Å². The summed E-state index contributed by atoms with van der Waals surface area (Å²) in [6.07, 6.45) is 0. The second kappa shape index (κ2) is 5.92. The predicted octanol–water partition coefficient (Wildman–Crippen LogP) is 2.91. The smallest absolute Gasteiger partial charge is 0.159 e. The van der Waals surface area contributed by atoms with Gasteiger partial charge in [-0.05, 0) is 36.8 Å². The first-order valence-corrected chi connectivity index (χ1v) is 6.33. The van der Waals surface area contributed by atoms with Crippen molar-refractivity contribution in [3.8, 4) is 0 Å². The van der Waals surface area contributed by atoms with Crippen LogP contribution in [0, 0.1) is 18.6 Å². The van der Waals surface area contributed by atoms with Crippen molar-refractivity contribution in [2.24, 2.45) is 5.73 Å². The van der Waals surface area contributed by atoms with Gasteiger partial charge in [-0.3, -0.25) is 0 Å². The molecule has 0 fully saturated rings. The lowest BCUT2D eigenvalue weighted by Crippen LogP contribution is -2.11. The summed E-state index contributed by atoms with van der Waals surface area (Å²) >= 11 is 4.92. The molecular weight excluding hydrogens is 280 g/mol. The third-order valence-electron chi connectivity index (χ3n) is 2.70. The third-order valence-corrected chi connectivity index (χ3v) is 2.93. The summed E-state index contributed by atoms with van der Waals surface area (Å²) in [5, 5.41) is 3.03. The van der Waals surface area contributed by atoms with Crippen LogP contribution < -0.4 is 11.1 Å². The highest BCUT2D eigenvalue weighted by Crippen LogP contribution is 2.13. The van der Waals surface area contributed by atoms with Crippen molar-refractivity contribution < 1.29 is 8.78 Å². The number of hydrogen-bond acceptors (Lipinski definition) is 3. The van der Waals surface area contributed by atoms with E-state index < -0.39 is 11.6 Å². The molecule has 1 heterocycles. The number of aryl methyl sites for hydroxylation is 1. The summed E-state index contributed by atoms with van der Waals surface area (Å²) in [5.41, 5.74) is 7.67. The molecule has 3 nitrogen and oxygen atoms in total. The standard InChI is InChI=1S/C14H13F2N3S/c1-8-4-10(14(17)20)6-13(19-8)18-7-9-2-3-11(15)12(16)5-9/h2-6H,7H2,1H3,(H2,17,20)(H,18,19). The second-order valence-electron chi connectivity index (χ2n) is 4.35. The molecule has 104 valence electrons. The van der Waals surface area contributed by atoms with Gasteiger partial charge in [0, 0.05) is 17.8 Å².